The number of hydrogen-bond acceptors (Lipinski definition) is 5. The maximum atomic E-state index is 11.3. The highest BCUT2D eigenvalue weighted by Gasteiger charge is 2.22. The maximum absolute atomic E-state index is 11.3. The molecule has 0 saturated carbocycles. The zero-order valence-electron chi connectivity index (χ0n) is 13.1. The molecule has 0 heterocycles. The number of rotatable bonds is 7. The van der Waals surface area contributed by atoms with E-state index in [2.05, 4.69) is 10.0 Å². The Balaban J connectivity index is 2.71. The number of sulfonamides is 1. The van der Waals surface area contributed by atoms with E-state index in [1.807, 2.05) is 20.8 Å². The Bertz CT molecular complexity index is 585. The van der Waals surface area contributed by atoms with Crippen LogP contribution in [0, 0.1) is 0 Å². The lowest BCUT2D eigenvalue weighted by Gasteiger charge is -2.27. The summed E-state index contributed by atoms with van der Waals surface area (Å²) in [6.07, 6.45) is 1.14. The fourth-order valence-electron chi connectivity index (χ4n) is 2.03. The Labute approximate surface area is 126 Å². The molecule has 0 aliphatic carbocycles. The van der Waals surface area contributed by atoms with Crippen molar-refractivity contribution in [3.8, 4) is 11.5 Å². The van der Waals surface area contributed by atoms with Crippen molar-refractivity contribution < 1.29 is 18.3 Å². The second-order valence-corrected chi connectivity index (χ2v) is 7.54. The van der Waals surface area contributed by atoms with Gasteiger partial charge < -0.3 is 15.2 Å². The van der Waals surface area contributed by atoms with Crippen LogP contribution in [0.3, 0.4) is 0 Å². The van der Waals surface area contributed by atoms with E-state index in [0.717, 1.165) is 11.8 Å². The molecule has 0 fully saturated rings. The Morgan fingerprint density at radius 2 is 2.00 bits per heavy atom. The maximum Gasteiger partial charge on any atom is 0.209 e. The first-order valence-electron chi connectivity index (χ1n) is 6.63. The van der Waals surface area contributed by atoms with Crippen LogP contribution in [-0.2, 0) is 10.0 Å². The van der Waals surface area contributed by atoms with Gasteiger partial charge in [0.15, 0.2) is 11.5 Å². The fourth-order valence-corrected chi connectivity index (χ4v) is 3.10. The summed E-state index contributed by atoms with van der Waals surface area (Å²) in [7, 11) is -1.76. The van der Waals surface area contributed by atoms with Crippen LogP contribution >= 0.6 is 0 Å². The van der Waals surface area contributed by atoms with E-state index in [4.69, 9.17) is 4.74 Å². The molecule has 1 rings (SSSR count). The lowest BCUT2D eigenvalue weighted by atomic mass is 10.0. The van der Waals surface area contributed by atoms with Crippen molar-refractivity contribution in [2.24, 2.45) is 0 Å². The third-order valence-electron chi connectivity index (χ3n) is 3.02. The van der Waals surface area contributed by atoms with Crippen molar-refractivity contribution in [2.75, 3.05) is 19.9 Å². The molecule has 21 heavy (non-hydrogen) atoms. The molecule has 7 heteroatoms. The Kier molecular flexibility index (Phi) is 5.61. The quantitative estimate of drug-likeness (QED) is 0.707. The summed E-state index contributed by atoms with van der Waals surface area (Å²) in [5, 5.41) is 12.8. The van der Waals surface area contributed by atoms with E-state index in [-0.39, 0.29) is 11.8 Å². The monoisotopic (exact) mass is 316 g/mol. The minimum absolute atomic E-state index is 0.0138. The molecular formula is C14H24N2O4S. The van der Waals surface area contributed by atoms with Crippen molar-refractivity contribution in [1.82, 2.24) is 10.0 Å². The van der Waals surface area contributed by atoms with E-state index in [1.54, 1.807) is 18.2 Å². The molecule has 0 saturated heterocycles. The van der Waals surface area contributed by atoms with Crippen molar-refractivity contribution in [3.05, 3.63) is 23.8 Å². The molecule has 0 spiro atoms. The predicted octanol–water partition coefficient (Wildman–Crippen LogP) is 1.38. The summed E-state index contributed by atoms with van der Waals surface area (Å²) in [5.41, 5.74) is 0.350. The van der Waals surface area contributed by atoms with Crippen LogP contribution < -0.4 is 14.8 Å². The van der Waals surface area contributed by atoms with Crippen molar-refractivity contribution >= 4 is 10.0 Å². The topological polar surface area (TPSA) is 87.7 Å². The van der Waals surface area contributed by atoms with Gasteiger partial charge in [0.05, 0.1) is 13.4 Å². The fraction of sp³-hybridized carbons (Fsp3) is 0.571. The van der Waals surface area contributed by atoms with E-state index in [0.29, 0.717) is 12.3 Å². The summed E-state index contributed by atoms with van der Waals surface area (Å²) in [6.45, 7) is 6.04. The molecule has 0 aliphatic heterocycles. The minimum Gasteiger partial charge on any atom is -0.504 e. The first-order chi connectivity index (χ1) is 9.54. The standard InChI is InChI=1S/C14H24N2O4S/c1-10(11-6-7-12(17)13(8-11)20-4)15-9-14(2,3)16-21(5,18)19/h6-8,10,15-17H,9H2,1-5H3. The number of aromatic hydroxyl groups is 1. The molecular weight excluding hydrogens is 292 g/mol. The highest BCUT2D eigenvalue weighted by Crippen LogP contribution is 2.28. The average molecular weight is 316 g/mol. The Hall–Kier alpha value is -1.31. The number of nitrogens with one attached hydrogen (secondary N) is 2. The van der Waals surface area contributed by atoms with E-state index < -0.39 is 15.6 Å². The summed E-state index contributed by atoms with van der Waals surface area (Å²) in [6, 6.07) is 5.11. The van der Waals surface area contributed by atoms with Gasteiger partial charge in [0.2, 0.25) is 10.0 Å². The number of phenolic OH excluding ortho intramolecular Hbond substituents is 1. The normalized spacial score (nSPS) is 14.0. The molecule has 3 N–H and O–H groups in total. The molecule has 120 valence electrons. The van der Waals surface area contributed by atoms with Crippen LogP contribution in [0.4, 0.5) is 0 Å². The van der Waals surface area contributed by atoms with Gasteiger partial charge in [0.25, 0.3) is 0 Å². The van der Waals surface area contributed by atoms with Gasteiger partial charge in [0, 0.05) is 18.1 Å². The van der Waals surface area contributed by atoms with Gasteiger partial charge in [-0.15, -0.1) is 0 Å². The summed E-state index contributed by atoms with van der Waals surface area (Å²) < 4.78 is 30.3. The molecule has 1 aromatic rings. The number of benzene rings is 1. The molecule has 1 atom stereocenters. The molecule has 0 radical (unpaired) electrons. The van der Waals surface area contributed by atoms with Gasteiger partial charge in [-0.05, 0) is 38.5 Å². The summed E-state index contributed by atoms with van der Waals surface area (Å²) in [5.74, 6) is 0.502. The van der Waals surface area contributed by atoms with Gasteiger partial charge in [-0.3, -0.25) is 0 Å². The molecule has 0 aromatic heterocycles. The lowest BCUT2D eigenvalue weighted by molar-refractivity contribution is 0.370. The van der Waals surface area contributed by atoms with Gasteiger partial charge in [-0.1, -0.05) is 6.07 Å². The van der Waals surface area contributed by atoms with Crippen LogP contribution in [0.25, 0.3) is 0 Å². The number of hydrogen-bond donors (Lipinski definition) is 3. The van der Waals surface area contributed by atoms with Crippen molar-refractivity contribution in [1.29, 1.82) is 0 Å². The minimum atomic E-state index is -3.25. The Morgan fingerprint density at radius 1 is 1.38 bits per heavy atom. The van der Waals surface area contributed by atoms with E-state index in [1.165, 1.54) is 7.11 Å². The van der Waals surface area contributed by atoms with Gasteiger partial charge in [-0.2, -0.15) is 0 Å². The Morgan fingerprint density at radius 3 is 2.52 bits per heavy atom. The largest absolute Gasteiger partial charge is 0.504 e. The highest BCUT2D eigenvalue weighted by molar-refractivity contribution is 7.88. The number of methoxy groups -OCH3 is 1. The van der Waals surface area contributed by atoms with Crippen molar-refractivity contribution in [3.63, 3.8) is 0 Å². The van der Waals surface area contributed by atoms with Crippen LogP contribution in [0.1, 0.15) is 32.4 Å². The van der Waals surface area contributed by atoms with Crippen LogP contribution in [0.5, 0.6) is 11.5 Å². The third kappa shape index (κ3) is 5.91. The van der Waals surface area contributed by atoms with E-state index in [9.17, 15) is 13.5 Å². The third-order valence-corrected chi connectivity index (χ3v) is 3.94. The SMILES string of the molecule is COc1cc(C(C)NCC(C)(C)NS(C)(=O)=O)ccc1O. The number of phenols is 1. The van der Waals surface area contributed by atoms with Gasteiger partial charge in [-0.25, -0.2) is 13.1 Å². The molecule has 0 aliphatic rings. The average Bonchev–Trinajstić information content (AvgIpc) is 2.34. The highest BCUT2D eigenvalue weighted by atomic mass is 32.2. The van der Waals surface area contributed by atoms with Gasteiger partial charge in [0.1, 0.15) is 0 Å². The smallest absolute Gasteiger partial charge is 0.209 e. The summed E-state index contributed by atoms with van der Waals surface area (Å²) >= 11 is 0. The van der Waals surface area contributed by atoms with E-state index >= 15 is 0 Å². The van der Waals surface area contributed by atoms with Crippen molar-refractivity contribution in [2.45, 2.75) is 32.4 Å². The molecule has 0 amide bonds. The zero-order chi connectivity index (χ0) is 16.3. The second kappa shape index (κ2) is 6.64. The van der Waals surface area contributed by atoms with Crippen LogP contribution in [0.15, 0.2) is 18.2 Å². The van der Waals surface area contributed by atoms with Crippen LogP contribution in [0.2, 0.25) is 0 Å². The zero-order valence-corrected chi connectivity index (χ0v) is 13.9. The first-order valence-corrected chi connectivity index (χ1v) is 8.52. The summed E-state index contributed by atoms with van der Waals surface area (Å²) in [4.78, 5) is 0. The molecule has 0 bridgehead atoms. The first kappa shape index (κ1) is 17.7. The number of ether oxygens (including phenoxy) is 1. The predicted molar refractivity (Wildman–Crippen MR) is 83.1 cm³/mol. The molecule has 1 aromatic carbocycles. The second-order valence-electron chi connectivity index (χ2n) is 5.79. The lowest BCUT2D eigenvalue weighted by Crippen LogP contribution is -2.50. The molecule has 6 nitrogen and oxygen atoms in total. The van der Waals surface area contributed by atoms with Crippen LogP contribution in [-0.4, -0.2) is 39.0 Å². The van der Waals surface area contributed by atoms with Gasteiger partial charge >= 0.3 is 0 Å². The molecule has 1 unspecified atom stereocenters.